The number of rotatable bonds is 7. The topological polar surface area (TPSA) is 96.5 Å². The van der Waals surface area contributed by atoms with E-state index in [1.54, 1.807) is 66.8 Å². The molecule has 4 rings (SSSR count). The van der Waals surface area contributed by atoms with Gasteiger partial charge in [0.2, 0.25) is 0 Å². The molecular weight excluding hydrogens is 527 g/mol. The molecule has 1 aliphatic carbocycles. The fourth-order valence-electron chi connectivity index (χ4n) is 4.25. The van der Waals surface area contributed by atoms with Crippen LogP contribution in [0.5, 0.6) is 0 Å². The second-order valence-corrected chi connectivity index (χ2v) is 12.1. The molecule has 1 heterocycles. The molecule has 196 valence electrons. The lowest BCUT2D eigenvalue weighted by atomic mass is 9.96. The third kappa shape index (κ3) is 6.88. The van der Waals surface area contributed by atoms with Crippen LogP contribution in [-0.2, 0) is 27.6 Å². The predicted octanol–water partition coefficient (Wildman–Crippen LogP) is 6.50. The molecule has 3 aromatic rings. The molecule has 0 amide bonds. The number of fused-ring (bicyclic) bond motifs is 1. The number of aryl methyl sites for hydroxylation is 2. The van der Waals surface area contributed by atoms with Crippen molar-refractivity contribution in [2.45, 2.75) is 57.3 Å². The van der Waals surface area contributed by atoms with Crippen molar-refractivity contribution in [2.75, 3.05) is 22.0 Å². The van der Waals surface area contributed by atoms with Gasteiger partial charge in [0.05, 0.1) is 17.1 Å². The number of carbonyl (C=O) groups is 1. The maximum Gasteiger partial charge on any atom is 0.341 e. The van der Waals surface area contributed by atoms with Crippen molar-refractivity contribution in [1.82, 2.24) is 0 Å². The normalized spacial score (nSPS) is 13.6. The molecule has 0 aliphatic heterocycles. The van der Waals surface area contributed by atoms with Gasteiger partial charge in [0, 0.05) is 16.3 Å². The highest BCUT2D eigenvalue weighted by molar-refractivity contribution is 7.92. The summed E-state index contributed by atoms with van der Waals surface area (Å²) in [5, 5.41) is 7.36. The summed E-state index contributed by atoms with van der Waals surface area (Å²) in [4.78, 5) is 14.3. The summed E-state index contributed by atoms with van der Waals surface area (Å²) >= 11 is 7.11. The molecule has 0 saturated heterocycles. The Kier molecular flexibility index (Phi) is 8.83. The molecule has 1 aromatic heterocycles. The highest BCUT2D eigenvalue weighted by Crippen LogP contribution is 2.37. The summed E-state index contributed by atoms with van der Waals surface area (Å²) in [5.41, 5.74) is 3.78. The van der Waals surface area contributed by atoms with Gasteiger partial charge in [-0.3, -0.25) is 4.72 Å². The number of benzene rings is 2. The Hall–Kier alpha value is -2.95. The van der Waals surface area contributed by atoms with Crippen LogP contribution in [0.15, 0.2) is 53.4 Å². The van der Waals surface area contributed by atoms with Gasteiger partial charge >= 0.3 is 5.97 Å². The van der Waals surface area contributed by atoms with E-state index in [0.29, 0.717) is 33.7 Å². The fourth-order valence-corrected chi connectivity index (χ4v) is 6.87. The van der Waals surface area contributed by atoms with Crippen LogP contribution >= 0.6 is 23.6 Å². The maximum absolute atomic E-state index is 12.8. The van der Waals surface area contributed by atoms with E-state index in [-0.39, 0.29) is 10.9 Å². The zero-order valence-corrected chi connectivity index (χ0v) is 23.4. The SMILES string of the molecule is CCOC(=O)c1c(NC(=S)Nc2ccc(NS(=O)(=O)c3ccc(C)cc3)cc2)sc2c1CCCCCC2. The van der Waals surface area contributed by atoms with Crippen molar-refractivity contribution in [1.29, 1.82) is 0 Å². The van der Waals surface area contributed by atoms with Gasteiger partial charge in [0.1, 0.15) is 5.00 Å². The van der Waals surface area contributed by atoms with Crippen molar-refractivity contribution in [3.05, 3.63) is 70.1 Å². The Balaban J connectivity index is 1.45. The van der Waals surface area contributed by atoms with Crippen molar-refractivity contribution in [3.63, 3.8) is 0 Å². The van der Waals surface area contributed by atoms with Crippen LogP contribution in [0.4, 0.5) is 16.4 Å². The summed E-state index contributed by atoms with van der Waals surface area (Å²) in [5.74, 6) is -0.323. The van der Waals surface area contributed by atoms with Crippen molar-refractivity contribution in [3.8, 4) is 0 Å². The van der Waals surface area contributed by atoms with E-state index in [4.69, 9.17) is 17.0 Å². The van der Waals surface area contributed by atoms with Gasteiger partial charge in [0.25, 0.3) is 10.0 Å². The van der Waals surface area contributed by atoms with E-state index in [2.05, 4.69) is 15.4 Å². The van der Waals surface area contributed by atoms with Crippen LogP contribution < -0.4 is 15.4 Å². The average molecular weight is 558 g/mol. The minimum Gasteiger partial charge on any atom is -0.462 e. The second-order valence-electron chi connectivity index (χ2n) is 8.92. The zero-order valence-electron chi connectivity index (χ0n) is 20.9. The minimum absolute atomic E-state index is 0.202. The molecule has 0 atom stereocenters. The Bertz CT molecular complexity index is 1370. The third-order valence-electron chi connectivity index (χ3n) is 6.10. The molecular formula is C27H31N3O4S3. The molecule has 0 radical (unpaired) electrons. The highest BCUT2D eigenvalue weighted by Gasteiger charge is 2.25. The number of hydrogen-bond donors (Lipinski definition) is 3. The summed E-state index contributed by atoms with van der Waals surface area (Å²) < 4.78 is 33.2. The Morgan fingerprint density at radius 1 is 0.946 bits per heavy atom. The predicted molar refractivity (Wildman–Crippen MR) is 154 cm³/mol. The number of nitrogens with one attached hydrogen (secondary N) is 3. The number of hydrogen-bond acceptors (Lipinski definition) is 6. The van der Waals surface area contributed by atoms with E-state index in [1.807, 2.05) is 6.92 Å². The molecule has 0 unspecified atom stereocenters. The van der Waals surface area contributed by atoms with E-state index >= 15 is 0 Å². The van der Waals surface area contributed by atoms with Crippen LogP contribution in [0, 0.1) is 6.92 Å². The van der Waals surface area contributed by atoms with Crippen LogP contribution in [0.3, 0.4) is 0 Å². The molecule has 0 fully saturated rings. The molecule has 3 N–H and O–H groups in total. The number of sulfonamides is 1. The Morgan fingerprint density at radius 3 is 2.27 bits per heavy atom. The number of thiophene rings is 1. The van der Waals surface area contributed by atoms with Gasteiger partial charge < -0.3 is 15.4 Å². The van der Waals surface area contributed by atoms with Crippen molar-refractivity contribution >= 4 is 61.0 Å². The minimum atomic E-state index is -3.68. The van der Waals surface area contributed by atoms with Crippen molar-refractivity contribution < 1.29 is 17.9 Å². The largest absolute Gasteiger partial charge is 0.462 e. The first-order valence-electron chi connectivity index (χ1n) is 12.4. The van der Waals surface area contributed by atoms with Crippen LogP contribution in [0.2, 0.25) is 0 Å². The Morgan fingerprint density at radius 2 is 1.59 bits per heavy atom. The second kappa shape index (κ2) is 12.1. The standard InChI is InChI=1S/C27H31N3O4S3/c1-3-34-26(31)24-22-8-6-4-5-7-9-23(22)36-25(24)29-27(35)28-19-12-14-20(15-13-19)30-37(32,33)21-16-10-18(2)11-17-21/h10-17,30H,3-9H2,1-2H3,(H2,28,29,35). The highest BCUT2D eigenvalue weighted by atomic mass is 32.2. The monoisotopic (exact) mass is 557 g/mol. The maximum atomic E-state index is 12.8. The zero-order chi connectivity index (χ0) is 26.4. The summed E-state index contributed by atoms with van der Waals surface area (Å²) in [6.45, 7) is 4.02. The van der Waals surface area contributed by atoms with Gasteiger partial charge in [-0.1, -0.05) is 30.5 Å². The Labute approximate surface area is 227 Å². The first-order valence-corrected chi connectivity index (χ1v) is 15.1. The third-order valence-corrected chi connectivity index (χ3v) is 8.91. The molecule has 0 spiro atoms. The molecule has 10 heteroatoms. The van der Waals surface area contributed by atoms with E-state index in [0.717, 1.165) is 43.2 Å². The molecule has 0 saturated carbocycles. The van der Waals surface area contributed by atoms with Crippen LogP contribution in [0.1, 0.15) is 59.0 Å². The van der Waals surface area contributed by atoms with Gasteiger partial charge in [-0.05, 0) is 93.7 Å². The molecule has 7 nitrogen and oxygen atoms in total. The smallest absolute Gasteiger partial charge is 0.341 e. The van der Waals surface area contributed by atoms with Gasteiger partial charge in [0.15, 0.2) is 5.11 Å². The molecule has 2 aromatic carbocycles. The number of esters is 1. The summed E-state index contributed by atoms with van der Waals surface area (Å²) in [7, 11) is -3.68. The van der Waals surface area contributed by atoms with Crippen LogP contribution in [0.25, 0.3) is 0 Å². The molecule has 0 bridgehead atoms. The summed E-state index contributed by atoms with van der Waals surface area (Å²) in [6, 6.07) is 13.5. The van der Waals surface area contributed by atoms with Gasteiger partial charge in [-0.25, -0.2) is 13.2 Å². The first-order chi connectivity index (χ1) is 17.8. The van der Waals surface area contributed by atoms with E-state index in [1.165, 1.54) is 11.3 Å². The number of thiocarbonyl (C=S) groups is 1. The average Bonchev–Trinajstić information content (AvgIpc) is 3.16. The van der Waals surface area contributed by atoms with Crippen LogP contribution in [-0.4, -0.2) is 26.1 Å². The molecule has 37 heavy (non-hydrogen) atoms. The van der Waals surface area contributed by atoms with Gasteiger partial charge in [-0.15, -0.1) is 11.3 Å². The lowest BCUT2D eigenvalue weighted by molar-refractivity contribution is 0.0526. The number of anilines is 3. The lowest BCUT2D eigenvalue weighted by Gasteiger charge is -2.13. The lowest BCUT2D eigenvalue weighted by Crippen LogP contribution is -2.20. The van der Waals surface area contributed by atoms with E-state index in [9.17, 15) is 13.2 Å². The number of ether oxygens (including phenoxy) is 1. The molecule has 1 aliphatic rings. The van der Waals surface area contributed by atoms with E-state index < -0.39 is 10.0 Å². The number of carbonyl (C=O) groups excluding carboxylic acids is 1. The van der Waals surface area contributed by atoms with Crippen molar-refractivity contribution in [2.24, 2.45) is 0 Å². The fraction of sp³-hybridized carbons (Fsp3) is 0.333. The first kappa shape index (κ1) is 27.1. The van der Waals surface area contributed by atoms with Gasteiger partial charge in [-0.2, -0.15) is 0 Å². The summed E-state index contributed by atoms with van der Waals surface area (Å²) in [6.07, 6.45) is 6.34. The quantitative estimate of drug-likeness (QED) is 0.225.